The molecule has 3 unspecified atom stereocenters. The minimum atomic E-state index is -0.345. The van der Waals surface area contributed by atoms with Gasteiger partial charge in [0.25, 0.3) is 0 Å². The van der Waals surface area contributed by atoms with Gasteiger partial charge in [-0.3, -0.25) is 4.79 Å². The molecule has 100 valence electrons. The van der Waals surface area contributed by atoms with Crippen molar-refractivity contribution in [3.8, 4) is 0 Å². The summed E-state index contributed by atoms with van der Waals surface area (Å²) in [5.41, 5.74) is 5.90. The Morgan fingerprint density at radius 3 is 2.53 bits per heavy atom. The normalized spacial score (nSPS) is 30.6. The van der Waals surface area contributed by atoms with Gasteiger partial charge in [-0.15, -0.1) is 0 Å². The Hall–Kier alpha value is -0.570. The lowest BCUT2D eigenvalue weighted by Gasteiger charge is -2.23. The van der Waals surface area contributed by atoms with Gasteiger partial charge in [0.2, 0.25) is 5.91 Å². The number of amides is 1. The topological polar surface area (TPSA) is 55.1 Å². The highest BCUT2D eigenvalue weighted by Crippen LogP contribution is 2.33. The second-order valence-electron chi connectivity index (χ2n) is 5.96. The molecular formula is C14H28N2O. The summed E-state index contributed by atoms with van der Waals surface area (Å²) in [5, 5.41) is 3.13. The standard InChI is InChI=1S/C14H28N2O/c1-5-11-6-7-13(10(11)4)16-14(17)12(15)8-9(2)3/h9-13H,5-8,15H2,1-4H3,(H,16,17)/t10?,11?,12-,13?/m0/s1. The van der Waals surface area contributed by atoms with E-state index in [9.17, 15) is 4.79 Å². The van der Waals surface area contributed by atoms with Gasteiger partial charge in [-0.25, -0.2) is 0 Å². The molecule has 0 saturated heterocycles. The largest absolute Gasteiger partial charge is 0.352 e. The fourth-order valence-corrected chi connectivity index (χ4v) is 2.93. The van der Waals surface area contributed by atoms with Crippen LogP contribution < -0.4 is 11.1 Å². The molecular weight excluding hydrogens is 212 g/mol. The van der Waals surface area contributed by atoms with Gasteiger partial charge in [-0.05, 0) is 37.0 Å². The molecule has 0 aliphatic heterocycles. The lowest BCUT2D eigenvalue weighted by molar-refractivity contribution is -0.123. The summed E-state index contributed by atoms with van der Waals surface area (Å²) < 4.78 is 0. The molecule has 0 aromatic heterocycles. The van der Waals surface area contributed by atoms with Gasteiger partial charge in [0, 0.05) is 6.04 Å². The summed E-state index contributed by atoms with van der Waals surface area (Å²) in [5.74, 6) is 1.87. The number of hydrogen-bond donors (Lipinski definition) is 2. The van der Waals surface area contributed by atoms with E-state index in [4.69, 9.17) is 5.73 Å². The van der Waals surface area contributed by atoms with Gasteiger partial charge < -0.3 is 11.1 Å². The minimum absolute atomic E-state index is 0.0345. The molecule has 0 aromatic carbocycles. The maximum absolute atomic E-state index is 11.9. The molecule has 3 heteroatoms. The van der Waals surface area contributed by atoms with E-state index in [-0.39, 0.29) is 11.9 Å². The molecule has 0 bridgehead atoms. The van der Waals surface area contributed by atoms with Gasteiger partial charge in [0.1, 0.15) is 0 Å². The number of carbonyl (C=O) groups excluding carboxylic acids is 1. The Balaban J connectivity index is 2.41. The third kappa shape index (κ3) is 3.98. The van der Waals surface area contributed by atoms with Crippen molar-refractivity contribution in [3.63, 3.8) is 0 Å². The van der Waals surface area contributed by atoms with Gasteiger partial charge in [-0.1, -0.05) is 34.1 Å². The average Bonchev–Trinajstić information content (AvgIpc) is 2.59. The van der Waals surface area contributed by atoms with E-state index in [1.807, 2.05) is 0 Å². The van der Waals surface area contributed by atoms with Crippen molar-refractivity contribution in [1.29, 1.82) is 0 Å². The SMILES string of the molecule is CCC1CCC(NC(=O)[C@@H](N)CC(C)C)C1C. The average molecular weight is 240 g/mol. The summed E-state index contributed by atoms with van der Waals surface area (Å²) >= 11 is 0. The van der Waals surface area contributed by atoms with Gasteiger partial charge in [0.05, 0.1) is 6.04 Å². The maximum Gasteiger partial charge on any atom is 0.237 e. The number of nitrogens with one attached hydrogen (secondary N) is 1. The van der Waals surface area contributed by atoms with Crippen LogP contribution in [0.25, 0.3) is 0 Å². The Morgan fingerprint density at radius 2 is 2.06 bits per heavy atom. The van der Waals surface area contributed by atoms with Crippen molar-refractivity contribution in [1.82, 2.24) is 5.32 Å². The molecule has 1 saturated carbocycles. The van der Waals surface area contributed by atoms with Crippen molar-refractivity contribution >= 4 is 5.91 Å². The van der Waals surface area contributed by atoms with E-state index < -0.39 is 0 Å². The zero-order valence-corrected chi connectivity index (χ0v) is 11.7. The first-order valence-electron chi connectivity index (χ1n) is 7.01. The van der Waals surface area contributed by atoms with Crippen LogP contribution in [0.4, 0.5) is 0 Å². The van der Waals surface area contributed by atoms with Gasteiger partial charge in [0.15, 0.2) is 0 Å². The van der Waals surface area contributed by atoms with Crippen LogP contribution in [0.15, 0.2) is 0 Å². The lowest BCUT2D eigenvalue weighted by atomic mass is 9.93. The summed E-state index contributed by atoms with van der Waals surface area (Å²) in [7, 11) is 0. The summed E-state index contributed by atoms with van der Waals surface area (Å²) in [6, 6.07) is -0.00598. The summed E-state index contributed by atoms with van der Waals surface area (Å²) in [6.45, 7) is 8.67. The highest BCUT2D eigenvalue weighted by Gasteiger charge is 2.33. The Morgan fingerprint density at radius 1 is 1.41 bits per heavy atom. The van der Waals surface area contributed by atoms with Gasteiger partial charge >= 0.3 is 0 Å². The molecule has 17 heavy (non-hydrogen) atoms. The first-order valence-corrected chi connectivity index (χ1v) is 7.01. The van der Waals surface area contributed by atoms with Crippen LogP contribution in [-0.2, 0) is 4.79 Å². The Kier molecular flexibility index (Phi) is 5.44. The van der Waals surface area contributed by atoms with Crippen LogP contribution in [-0.4, -0.2) is 18.0 Å². The lowest BCUT2D eigenvalue weighted by Crippen LogP contribution is -2.47. The third-order valence-corrected chi connectivity index (χ3v) is 4.14. The van der Waals surface area contributed by atoms with Crippen LogP contribution in [0.3, 0.4) is 0 Å². The minimum Gasteiger partial charge on any atom is -0.352 e. The van der Waals surface area contributed by atoms with Crippen LogP contribution in [0.2, 0.25) is 0 Å². The van der Waals surface area contributed by atoms with Crippen LogP contribution in [0, 0.1) is 17.8 Å². The number of nitrogens with two attached hydrogens (primary N) is 1. The second kappa shape index (κ2) is 6.39. The molecule has 3 N–H and O–H groups in total. The number of hydrogen-bond acceptors (Lipinski definition) is 2. The molecule has 3 nitrogen and oxygen atoms in total. The zero-order chi connectivity index (χ0) is 13.0. The Labute approximate surface area is 106 Å². The first-order chi connectivity index (χ1) is 7.95. The summed E-state index contributed by atoms with van der Waals surface area (Å²) in [6.07, 6.45) is 4.33. The van der Waals surface area contributed by atoms with Crippen molar-refractivity contribution in [3.05, 3.63) is 0 Å². The Bertz CT molecular complexity index is 253. The fraction of sp³-hybridized carbons (Fsp3) is 0.929. The maximum atomic E-state index is 11.9. The first kappa shape index (κ1) is 14.5. The quantitative estimate of drug-likeness (QED) is 0.774. The van der Waals surface area contributed by atoms with E-state index in [0.29, 0.717) is 17.9 Å². The fourth-order valence-electron chi connectivity index (χ4n) is 2.93. The molecule has 4 atom stereocenters. The molecule has 1 rings (SSSR count). The van der Waals surface area contributed by atoms with Crippen LogP contribution in [0.5, 0.6) is 0 Å². The predicted octanol–water partition coefficient (Wildman–Crippen LogP) is 2.30. The molecule has 1 amide bonds. The number of carbonyl (C=O) groups is 1. The van der Waals surface area contributed by atoms with Crippen molar-refractivity contribution < 1.29 is 4.79 Å². The third-order valence-electron chi connectivity index (χ3n) is 4.14. The highest BCUT2D eigenvalue weighted by atomic mass is 16.2. The van der Waals surface area contributed by atoms with E-state index in [0.717, 1.165) is 18.8 Å². The van der Waals surface area contributed by atoms with E-state index in [1.165, 1.54) is 12.8 Å². The predicted molar refractivity (Wildman–Crippen MR) is 71.5 cm³/mol. The monoisotopic (exact) mass is 240 g/mol. The summed E-state index contributed by atoms with van der Waals surface area (Å²) in [4.78, 5) is 11.9. The smallest absolute Gasteiger partial charge is 0.237 e. The van der Waals surface area contributed by atoms with E-state index in [2.05, 4.69) is 33.0 Å². The second-order valence-corrected chi connectivity index (χ2v) is 5.96. The van der Waals surface area contributed by atoms with Crippen LogP contribution in [0.1, 0.15) is 53.4 Å². The zero-order valence-electron chi connectivity index (χ0n) is 11.7. The molecule has 1 aliphatic carbocycles. The molecule has 1 aliphatic rings. The molecule has 0 heterocycles. The number of rotatable bonds is 5. The molecule has 0 radical (unpaired) electrons. The van der Waals surface area contributed by atoms with Crippen LogP contribution >= 0.6 is 0 Å². The highest BCUT2D eigenvalue weighted by molar-refractivity contribution is 5.81. The van der Waals surface area contributed by atoms with Crippen molar-refractivity contribution in [2.45, 2.75) is 65.5 Å². The molecule has 0 aromatic rings. The molecule has 0 spiro atoms. The van der Waals surface area contributed by atoms with E-state index >= 15 is 0 Å². The van der Waals surface area contributed by atoms with Crippen molar-refractivity contribution in [2.75, 3.05) is 0 Å². The molecule has 1 fully saturated rings. The van der Waals surface area contributed by atoms with Crippen molar-refractivity contribution in [2.24, 2.45) is 23.5 Å². The van der Waals surface area contributed by atoms with Gasteiger partial charge in [-0.2, -0.15) is 0 Å². The van der Waals surface area contributed by atoms with E-state index in [1.54, 1.807) is 0 Å².